The van der Waals surface area contributed by atoms with Crippen molar-refractivity contribution in [1.82, 2.24) is 0 Å². The molecular formula is C10H6Cl2F4O. The van der Waals surface area contributed by atoms with Gasteiger partial charge < -0.3 is 0 Å². The van der Waals surface area contributed by atoms with E-state index in [0.717, 1.165) is 12.1 Å². The van der Waals surface area contributed by atoms with E-state index in [1.165, 1.54) is 6.07 Å². The Labute approximate surface area is 104 Å². The van der Waals surface area contributed by atoms with Gasteiger partial charge in [0.25, 0.3) is 0 Å². The Hall–Kier alpha value is -0.810. The number of rotatable bonds is 3. The Balaban J connectivity index is 3.10. The summed E-state index contributed by atoms with van der Waals surface area (Å²) in [6.07, 6.45) is -6.12. The highest BCUT2D eigenvalue weighted by Crippen LogP contribution is 2.34. The second kappa shape index (κ2) is 5.23. The fraction of sp³-hybridized carbons (Fsp3) is 0.300. The highest BCUT2D eigenvalue weighted by molar-refractivity contribution is 6.64. The maximum Gasteiger partial charge on any atom is 0.390 e. The molecule has 0 aliphatic rings. The molecule has 0 heterocycles. The van der Waals surface area contributed by atoms with Crippen LogP contribution in [0, 0.1) is 5.82 Å². The van der Waals surface area contributed by atoms with Crippen molar-refractivity contribution in [2.45, 2.75) is 18.5 Å². The van der Waals surface area contributed by atoms with E-state index in [4.69, 9.17) is 23.2 Å². The third-order valence-electron chi connectivity index (χ3n) is 2.05. The van der Waals surface area contributed by atoms with Crippen LogP contribution in [0.4, 0.5) is 17.6 Å². The largest absolute Gasteiger partial charge is 0.390 e. The fourth-order valence-electron chi connectivity index (χ4n) is 1.33. The molecule has 17 heavy (non-hydrogen) atoms. The number of hydrogen-bond acceptors (Lipinski definition) is 1. The number of carbonyl (C=O) groups is 1. The Morgan fingerprint density at radius 2 is 1.94 bits per heavy atom. The van der Waals surface area contributed by atoms with Crippen LogP contribution in [0.2, 0.25) is 5.02 Å². The molecule has 0 aliphatic carbocycles. The van der Waals surface area contributed by atoms with Crippen molar-refractivity contribution in [2.24, 2.45) is 0 Å². The Morgan fingerprint density at radius 3 is 2.35 bits per heavy atom. The van der Waals surface area contributed by atoms with E-state index >= 15 is 0 Å². The van der Waals surface area contributed by atoms with Crippen LogP contribution in [-0.4, -0.2) is 11.4 Å². The third-order valence-corrected chi connectivity index (χ3v) is 2.55. The minimum Gasteiger partial charge on any atom is -0.281 e. The lowest BCUT2D eigenvalue weighted by Crippen LogP contribution is -2.19. The molecule has 0 spiro atoms. The van der Waals surface area contributed by atoms with Gasteiger partial charge >= 0.3 is 6.18 Å². The van der Waals surface area contributed by atoms with Gasteiger partial charge in [0.05, 0.1) is 12.3 Å². The zero-order valence-corrected chi connectivity index (χ0v) is 9.70. The molecule has 1 unspecified atom stereocenters. The van der Waals surface area contributed by atoms with Crippen molar-refractivity contribution >= 4 is 28.4 Å². The lowest BCUT2D eigenvalue weighted by molar-refractivity contribution is -0.144. The highest BCUT2D eigenvalue weighted by Gasteiger charge is 2.36. The normalized spacial score (nSPS) is 13.5. The standard InChI is InChI=1S/C10H6Cl2F4O/c11-5-1-2-6(8(13)3-5)7(9(12)17)4-10(14,15)16/h1-3,7H,4H2. The summed E-state index contributed by atoms with van der Waals surface area (Å²) in [5, 5.41) is -1.23. The second-order valence-corrected chi connectivity index (χ2v) is 4.15. The number of halogens is 6. The molecular weight excluding hydrogens is 283 g/mol. The summed E-state index contributed by atoms with van der Waals surface area (Å²) in [4.78, 5) is 10.9. The molecule has 0 aliphatic heterocycles. The average Bonchev–Trinajstić information content (AvgIpc) is 2.13. The fourth-order valence-corrected chi connectivity index (χ4v) is 1.68. The molecule has 94 valence electrons. The first-order chi connectivity index (χ1) is 7.70. The smallest absolute Gasteiger partial charge is 0.281 e. The lowest BCUT2D eigenvalue weighted by Gasteiger charge is -2.15. The van der Waals surface area contributed by atoms with Crippen LogP contribution >= 0.6 is 23.2 Å². The minimum absolute atomic E-state index is 0.0269. The monoisotopic (exact) mass is 288 g/mol. The number of hydrogen-bond donors (Lipinski definition) is 0. The summed E-state index contributed by atoms with van der Waals surface area (Å²) in [6, 6.07) is 3.05. The molecule has 0 N–H and O–H groups in total. The van der Waals surface area contributed by atoms with Gasteiger partial charge in [-0.05, 0) is 23.7 Å². The predicted octanol–water partition coefficient (Wildman–Crippen LogP) is 4.28. The van der Waals surface area contributed by atoms with E-state index < -0.39 is 35.1 Å². The maximum absolute atomic E-state index is 13.4. The summed E-state index contributed by atoms with van der Waals surface area (Å²) in [5.41, 5.74) is -0.410. The molecule has 1 rings (SSSR count). The molecule has 0 bridgehead atoms. The van der Waals surface area contributed by atoms with Crippen LogP contribution < -0.4 is 0 Å². The van der Waals surface area contributed by atoms with Crippen LogP contribution in [0.3, 0.4) is 0 Å². The van der Waals surface area contributed by atoms with Gasteiger partial charge in [0.15, 0.2) is 0 Å². The van der Waals surface area contributed by atoms with Crippen molar-refractivity contribution in [1.29, 1.82) is 0 Å². The van der Waals surface area contributed by atoms with Crippen molar-refractivity contribution < 1.29 is 22.4 Å². The van der Waals surface area contributed by atoms with Crippen molar-refractivity contribution in [3.8, 4) is 0 Å². The van der Waals surface area contributed by atoms with E-state index in [9.17, 15) is 22.4 Å². The molecule has 1 atom stereocenters. The van der Waals surface area contributed by atoms with Gasteiger partial charge in [0.1, 0.15) is 5.82 Å². The van der Waals surface area contributed by atoms with E-state index in [0.29, 0.717) is 0 Å². The van der Waals surface area contributed by atoms with Crippen LogP contribution in [0.5, 0.6) is 0 Å². The molecule has 7 heteroatoms. The van der Waals surface area contributed by atoms with Crippen molar-refractivity contribution in [2.75, 3.05) is 0 Å². The number of benzene rings is 1. The van der Waals surface area contributed by atoms with Gasteiger partial charge in [0, 0.05) is 10.6 Å². The van der Waals surface area contributed by atoms with E-state index in [2.05, 4.69) is 0 Å². The van der Waals surface area contributed by atoms with Crippen LogP contribution in [0.1, 0.15) is 17.9 Å². The summed E-state index contributed by atoms with van der Waals surface area (Å²) in [5.74, 6) is -2.74. The highest BCUT2D eigenvalue weighted by atomic mass is 35.5. The van der Waals surface area contributed by atoms with Gasteiger partial charge in [-0.3, -0.25) is 4.79 Å². The third kappa shape index (κ3) is 4.16. The summed E-state index contributed by atoms with van der Waals surface area (Å²) in [6.45, 7) is 0. The van der Waals surface area contributed by atoms with Gasteiger partial charge in [-0.15, -0.1) is 0 Å². The molecule has 1 aromatic rings. The molecule has 0 saturated heterocycles. The Bertz CT molecular complexity index is 431. The average molecular weight is 289 g/mol. The van der Waals surface area contributed by atoms with Crippen LogP contribution in [-0.2, 0) is 4.79 Å². The van der Waals surface area contributed by atoms with E-state index in [1.54, 1.807) is 0 Å². The van der Waals surface area contributed by atoms with Crippen LogP contribution in [0.15, 0.2) is 18.2 Å². The minimum atomic E-state index is -4.61. The topological polar surface area (TPSA) is 17.1 Å². The van der Waals surface area contributed by atoms with Gasteiger partial charge in [-0.2, -0.15) is 13.2 Å². The molecule has 1 nitrogen and oxygen atoms in total. The van der Waals surface area contributed by atoms with Crippen molar-refractivity contribution in [3.63, 3.8) is 0 Å². The van der Waals surface area contributed by atoms with Crippen molar-refractivity contribution in [3.05, 3.63) is 34.6 Å². The molecule has 0 fully saturated rings. The first-order valence-electron chi connectivity index (χ1n) is 4.42. The quantitative estimate of drug-likeness (QED) is 0.599. The van der Waals surface area contributed by atoms with Crippen LogP contribution in [0.25, 0.3) is 0 Å². The molecule has 0 saturated carbocycles. The summed E-state index contributed by atoms with van der Waals surface area (Å²) >= 11 is 10.5. The zero-order chi connectivity index (χ0) is 13.2. The Kier molecular flexibility index (Phi) is 4.38. The molecule has 0 radical (unpaired) electrons. The first kappa shape index (κ1) is 14.3. The summed E-state index contributed by atoms with van der Waals surface area (Å²) < 4.78 is 50.0. The molecule has 0 aromatic heterocycles. The van der Waals surface area contributed by atoms with Gasteiger partial charge in [0.2, 0.25) is 5.24 Å². The zero-order valence-electron chi connectivity index (χ0n) is 8.19. The summed E-state index contributed by atoms with van der Waals surface area (Å²) in [7, 11) is 0. The molecule has 1 aromatic carbocycles. The van der Waals surface area contributed by atoms with E-state index in [-0.39, 0.29) is 5.02 Å². The first-order valence-corrected chi connectivity index (χ1v) is 5.17. The van der Waals surface area contributed by atoms with Gasteiger partial charge in [-0.1, -0.05) is 17.7 Å². The predicted molar refractivity (Wildman–Crippen MR) is 55.7 cm³/mol. The maximum atomic E-state index is 13.4. The number of carbonyl (C=O) groups excluding carboxylic acids is 1. The Morgan fingerprint density at radius 1 is 1.35 bits per heavy atom. The SMILES string of the molecule is O=C(Cl)C(CC(F)(F)F)c1ccc(Cl)cc1F. The van der Waals surface area contributed by atoms with Gasteiger partial charge in [-0.25, -0.2) is 4.39 Å². The molecule has 0 amide bonds. The lowest BCUT2D eigenvalue weighted by atomic mass is 9.96. The number of alkyl halides is 3. The van der Waals surface area contributed by atoms with E-state index in [1.807, 2.05) is 0 Å². The second-order valence-electron chi connectivity index (χ2n) is 3.34.